The van der Waals surface area contributed by atoms with Crippen molar-refractivity contribution in [3.8, 4) is 5.75 Å². The molecule has 0 aliphatic carbocycles. The van der Waals surface area contributed by atoms with Gasteiger partial charge in [0.15, 0.2) is 0 Å². The van der Waals surface area contributed by atoms with Gasteiger partial charge in [-0.1, -0.05) is 18.2 Å². The summed E-state index contributed by atoms with van der Waals surface area (Å²) in [6, 6.07) is 7.60. The number of carboxylic acid groups (broad SMARTS) is 1. The highest BCUT2D eigenvalue weighted by Crippen LogP contribution is 2.17. The van der Waals surface area contributed by atoms with E-state index in [1.807, 2.05) is 50.2 Å². The SMILES string of the molecule is Cc1ccccc1OCC(CC(=O)O)N(C)C. The second kappa shape index (κ2) is 6.25. The lowest BCUT2D eigenvalue weighted by Crippen LogP contribution is -2.35. The first-order chi connectivity index (χ1) is 8.00. The Hall–Kier alpha value is -1.55. The number of nitrogens with zero attached hydrogens (tertiary/aromatic N) is 1. The average molecular weight is 237 g/mol. The largest absolute Gasteiger partial charge is 0.492 e. The van der Waals surface area contributed by atoms with Crippen molar-refractivity contribution in [1.29, 1.82) is 0 Å². The molecule has 1 aromatic rings. The van der Waals surface area contributed by atoms with Crippen LogP contribution in [0.4, 0.5) is 0 Å². The molecule has 1 atom stereocenters. The van der Waals surface area contributed by atoms with Crippen molar-refractivity contribution < 1.29 is 14.6 Å². The highest BCUT2D eigenvalue weighted by molar-refractivity contribution is 5.67. The maximum absolute atomic E-state index is 10.7. The van der Waals surface area contributed by atoms with Gasteiger partial charge >= 0.3 is 5.97 Å². The van der Waals surface area contributed by atoms with E-state index in [1.54, 1.807) is 0 Å². The summed E-state index contributed by atoms with van der Waals surface area (Å²) in [7, 11) is 3.71. The Bertz CT molecular complexity index is 377. The number of para-hydroxylation sites is 1. The van der Waals surface area contributed by atoms with Crippen LogP contribution in [0, 0.1) is 6.92 Å². The van der Waals surface area contributed by atoms with Crippen molar-refractivity contribution in [1.82, 2.24) is 4.90 Å². The molecular weight excluding hydrogens is 218 g/mol. The molecule has 1 unspecified atom stereocenters. The summed E-state index contributed by atoms with van der Waals surface area (Å²) in [4.78, 5) is 12.6. The smallest absolute Gasteiger partial charge is 0.305 e. The number of aryl methyl sites for hydroxylation is 1. The van der Waals surface area contributed by atoms with E-state index in [0.717, 1.165) is 11.3 Å². The van der Waals surface area contributed by atoms with Crippen LogP contribution in [-0.4, -0.2) is 42.7 Å². The predicted octanol–water partition coefficient (Wildman–Crippen LogP) is 1.78. The molecule has 0 radical (unpaired) electrons. The number of benzene rings is 1. The first-order valence-corrected chi connectivity index (χ1v) is 5.57. The minimum Gasteiger partial charge on any atom is -0.492 e. The molecule has 1 N–H and O–H groups in total. The molecule has 0 amide bonds. The molecule has 0 saturated heterocycles. The molecule has 0 aromatic heterocycles. The van der Waals surface area contributed by atoms with Crippen LogP contribution in [0.15, 0.2) is 24.3 Å². The van der Waals surface area contributed by atoms with Crippen LogP contribution >= 0.6 is 0 Å². The van der Waals surface area contributed by atoms with Crippen LogP contribution in [-0.2, 0) is 4.79 Å². The number of aliphatic carboxylic acids is 1. The highest BCUT2D eigenvalue weighted by Gasteiger charge is 2.16. The Morgan fingerprint density at radius 1 is 1.41 bits per heavy atom. The maximum atomic E-state index is 10.7. The van der Waals surface area contributed by atoms with Gasteiger partial charge in [-0.3, -0.25) is 4.79 Å². The van der Waals surface area contributed by atoms with Gasteiger partial charge in [0, 0.05) is 0 Å². The fourth-order valence-corrected chi connectivity index (χ4v) is 1.50. The van der Waals surface area contributed by atoms with Gasteiger partial charge in [-0.25, -0.2) is 0 Å². The van der Waals surface area contributed by atoms with Crippen molar-refractivity contribution in [3.63, 3.8) is 0 Å². The van der Waals surface area contributed by atoms with Gasteiger partial charge in [0.2, 0.25) is 0 Å². The van der Waals surface area contributed by atoms with Crippen LogP contribution in [0.2, 0.25) is 0 Å². The third kappa shape index (κ3) is 4.44. The lowest BCUT2D eigenvalue weighted by Gasteiger charge is -2.23. The van der Waals surface area contributed by atoms with Gasteiger partial charge in [0.25, 0.3) is 0 Å². The maximum Gasteiger partial charge on any atom is 0.305 e. The molecule has 4 heteroatoms. The first-order valence-electron chi connectivity index (χ1n) is 5.57. The number of likely N-dealkylation sites (N-methyl/N-ethyl adjacent to an activating group) is 1. The fourth-order valence-electron chi connectivity index (χ4n) is 1.50. The molecular formula is C13H19NO3. The zero-order chi connectivity index (χ0) is 12.8. The number of carboxylic acids is 1. The standard InChI is InChI=1S/C13H19NO3/c1-10-6-4-5-7-12(10)17-9-11(14(2)3)8-13(15)16/h4-7,11H,8-9H2,1-3H3,(H,15,16). The minimum absolute atomic E-state index is 0.0822. The van der Waals surface area contributed by atoms with Crippen LogP contribution < -0.4 is 4.74 Å². The summed E-state index contributed by atoms with van der Waals surface area (Å²) in [5, 5.41) is 8.80. The van der Waals surface area contributed by atoms with E-state index >= 15 is 0 Å². The molecule has 0 aliphatic heterocycles. The van der Waals surface area contributed by atoms with Gasteiger partial charge in [-0.2, -0.15) is 0 Å². The van der Waals surface area contributed by atoms with Crippen molar-refractivity contribution in [3.05, 3.63) is 29.8 Å². The first kappa shape index (κ1) is 13.5. The molecule has 0 heterocycles. The quantitative estimate of drug-likeness (QED) is 0.819. The number of carbonyl (C=O) groups is 1. The molecule has 94 valence electrons. The molecule has 1 rings (SSSR count). The van der Waals surface area contributed by atoms with E-state index in [2.05, 4.69) is 0 Å². The Labute approximate surface area is 102 Å². The lowest BCUT2D eigenvalue weighted by molar-refractivity contribution is -0.138. The molecule has 0 saturated carbocycles. The molecule has 0 spiro atoms. The van der Waals surface area contributed by atoms with Crippen LogP contribution in [0.25, 0.3) is 0 Å². The monoisotopic (exact) mass is 237 g/mol. The van der Waals surface area contributed by atoms with Gasteiger partial charge in [0.05, 0.1) is 12.5 Å². The zero-order valence-corrected chi connectivity index (χ0v) is 10.5. The summed E-state index contributed by atoms with van der Waals surface area (Å²) in [5.74, 6) is 0.00169. The van der Waals surface area contributed by atoms with Crippen LogP contribution in [0.5, 0.6) is 5.75 Å². The molecule has 0 fully saturated rings. The lowest BCUT2D eigenvalue weighted by atomic mass is 10.2. The minimum atomic E-state index is -0.808. The summed E-state index contributed by atoms with van der Waals surface area (Å²) in [6.45, 7) is 2.35. The van der Waals surface area contributed by atoms with E-state index in [1.165, 1.54) is 0 Å². The topological polar surface area (TPSA) is 49.8 Å². The van der Waals surface area contributed by atoms with Crippen LogP contribution in [0.3, 0.4) is 0 Å². The van der Waals surface area contributed by atoms with Gasteiger partial charge in [0.1, 0.15) is 12.4 Å². The normalized spacial score (nSPS) is 12.5. The molecule has 4 nitrogen and oxygen atoms in total. The van der Waals surface area contributed by atoms with Gasteiger partial charge < -0.3 is 14.7 Å². The molecule has 0 aliphatic rings. The number of hydrogen-bond acceptors (Lipinski definition) is 3. The van der Waals surface area contributed by atoms with E-state index in [-0.39, 0.29) is 12.5 Å². The Morgan fingerprint density at radius 2 is 2.06 bits per heavy atom. The van der Waals surface area contributed by atoms with Crippen molar-refractivity contribution >= 4 is 5.97 Å². The number of ether oxygens (including phenoxy) is 1. The molecule has 1 aromatic carbocycles. The highest BCUT2D eigenvalue weighted by atomic mass is 16.5. The summed E-state index contributed by atoms with van der Waals surface area (Å²) >= 11 is 0. The van der Waals surface area contributed by atoms with Crippen LogP contribution in [0.1, 0.15) is 12.0 Å². The Kier molecular flexibility index (Phi) is 4.97. The summed E-state index contributed by atoms with van der Waals surface area (Å²) < 4.78 is 5.66. The molecule has 17 heavy (non-hydrogen) atoms. The van der Waals surface area contributed by atoms with E-state index in [9.17, 15) is 4.79 Å². The Morgan fingerprint density at radius 3 is 2.59 bits per heavy atom. The number of rotatable bonds is 6. The molecule has 0 bridgehead atoms. The van der Waals surface area contributed by atoms with Crippen molar-refractivity contribution in [2.24, 2.45) is 0 Å². The summed E-state index contributed by atoms with van der Waals surface area (Å²) in [6.07, 6.45) is 0.0822. The van der Waals surface area contributed by atoms with E-state index < -0.39 is 5.97 Å². The van der Waals surface area contributed by atoms with Crippen molar-refractivity contribution in [2.45, 2.75) is 19.4 Å². The Balaban J connectivity index is 2.58. The van der Waals surface area contributed by atoms with Crippen molar-refractivity contribution in [2.75, 3.05) is 20.7 Å². The second-order valence-corrected chi connectivity index (χ2v) is 4.29. The van der Waals surface area contributed by atoms with E-state index in [4.69, 9.17) is 9.84 Å². The van der Waals surface area contributed by atoms with Gasteiger partial charge in [-0.15, -0.1) is 0 Å². The van der Waals surface area contributed by atoms with Gasteiger partial charge in [-0.05, 0) is 32.6 Å². The predicted molar refractivity (Wildman–Crippen MR) is 66.4 cm³/mol. The fraction of sp³-hybridized carbons (Fsp3) is 0.462. The van der Waals surface area contributed by atoms with E-state index in [0.29, 0.717) is 6.61 Å². The summed E-state index contributed by atoms with van der Waals surface area (Å²) in [5.41, 5.74) is 1.06. The average Bonchev–Trinajstić information content (AvgIpc) is 2.25. The third-order valence-corrected chi connectivity index (χ3v) is 2.67. The zero-order valence-electron chi connectivity index (χ0n) is 10.5. The number of hydrogen-bond donors (Lipinski definition) is 1. The third-order valence-electron chi connectivity index (χ3n) is 2.67. The second-order valence-electron chi connectivity index (χ2n) is 4.29.